The summed E-state index contributed by atoms with van der Waals surface area (Å²) in [6.07, 6.45) is 0.169. The van der Waals surface area contributed by atoms with E-state index in [1.807, 2.05) is 5.38 Å². The van der Waals surface area contributed by atoms with Crippen LogP contribution >= 0.6 is 11.3 Å². The van der Waals surface area contributed by atoms with Gasteiger partial charge in [0.05, 0.1) is 23.3 Å². The summed E-state index contributed by atoms with van der Waals surface area (Å²) in [5.74, 6) is -0.0900. The first-order valence-electron chi connectivity index (χ1n) is 7.62. The highest BCUT2D eigenvalue weighted by molar-refractivity contribution is 7.10. The number of thiophene rings is 1. The van der Waals surface area contributed by atoms with E-state index >= 15 is 0 Å². The predicted molar refractivity (Wildman–Crippen MR) is 89.5 cm³/mol. The lowest BCUT2D eigenvalue weighted by atomic mass is 9.90. The molecular formula is C18H18N2O2S. The molecule has 1 saturated heterocycles. The first-order valence-corrected chi connectivity index (χ1v) is 8.50. The second-order valence-corrected chi connectivity index (χ2v) is 6.79. The molecule has 1 aromatic heterocycles. The third kappa shape index (κ3) is 3.00. The molecule has 0 bridgehead atoms. The number of aliphatic hydroxyl groups is 1. The fourth-order valence-corrected chi connectivity index (χ4v) is 4.25. The van der Waals surface area contributed by atoms with E-state index in [9.17, 15) is 9.90 Å². The van der Waals surface area contributed by atoms with E-state index in [1.54, 1.807) is 40.5 Å². The molecule has 1 N–H and O–H groups in total. The minimum Gasteiger partial charge on any atom is -0.391 e. The van der Waals surface area contributed by atoms with Crippen molar-refractivity contribution in [2.45, 2.75) is 25.4 Å². The highest BCUT2D eigenvalue weighted by atomic mass is 32.1. The Morgan fingerprint density at radius 1 is 1.39 bits per heavy atom. The van der Waals surface area contributed by atoms with Gasteiger partial charge in [-0.05, 0) is 42.5 Å². The molecule has 0 aliphatic carbocycles. The SMILES string of the molecule is Cc1ccsc1[C@@H]1CCN(C(=O)c2ccccc2C#N)C[C@H]1O. The predicted octanol–water partition coefficient (Wildman–Crippen LogP) is 2.92. The number of benzene rings is 1. The number of nitriles is 1. The maximum atomic E-state index is 12.7. The van der Waals surface area contributed by atoms with Gasteiger partial charge in [0, 0.05) is 23.9 Å². The molecule has 1 aliphatic heterocycles. The summed E-state index contributed by atoms with van der Waals surface area (Å²) in [6.45, 7) is 2.96. The molecule has 2 heterocycles. The Kier molecular flexibility index (Phi) is 4.46. The lowest BCUT2D eigenvalue weighted by molar-refractivity contribution is 0.0386. The van der Waals surface area contributed by atoms with Crippen molar-refractivity contribution in [2.24, 2.45) is 0 Å². The number of carbonyl (C=O) groups excluding carboxylic acids is 1. The Bertz CT molecular complexity index is 762. The summed E-state index contributed by atoms with van der Waals surface area (Å²) in [5.41, 5.74) is 1.99. The van der Waals surface area contributed by atoms with E-state index in [4.69, 9.17) is 5.26 Å². The highest BCUT2D eigenvalue weighted by Gasteiger charge is 2.33. The minimum atomic E-state index is -0.570. The van der Waals surface area contributed by atoms with Gasteiger partial charge in [-0.2, -0.15) is 5.26 Å². The van der Waals surface area contributed by atoms with Gasteiger partial charge in [0.15, 0.2) is 0 Å². The topological polar surface area (TPSA) is 64.3 Å². The quantitative estimate of drug-likeness (QED) is 0.923. The van der Waals surface area contributed by atoms with Crippen LogP contribution < -0.4 is 0 Å². The largest absolute Gasteiger partial charge is 0.391 e. The molecule has 5 heteroatoms. The molecule has 1 amide bonds. The third-order valence-corrected chi connectivity index (χ3v) is 5.54. The average molecular weight is 326 g/mol. The van der Waals surface area contributed by atoms with Crippen molar-refractivity contribution < 1.29 is 9.90 Å². The van der Waals surface area contributed by atoms with Crippen molar-refractivity contribution in [3.8, 4) is 6.07 Å². The smallest absolute Gasteiger partial charge is 0.255 e. The number of hydrogen-bond acceptors (Lipinski definition) is 4. The van der Waals surface area contributed by atoms with Gasteiger partial charge in [-0.15, -0.1) is 11.3 Å². The number of piperidine rings is 1. The van der Waals surface area contributed by atoms with Gasteiger partial charge in [0.1, 0.15) is 0 Å². The van der Waals surface area contributed by atoms with Crippen LogP contribution in [0.4, 0.5) is 0 Å². The lowest BCUT2D eigenvalue weighted by Crippen LogP contribution is -2.45. The zero-order valence-electron chi connectivity index (χ0n) is 12.9. The number of rotatable bonds is 2. The number of nitrogens with zero attached hydrogens (tertiary/aromatic N) is 2. The van der Waals surface area contributed by atoms with Gasteiger partial charge in [-0.25, -0.2) is 0 Å². The summed E-state index contributed by atoms with van der Waals surface area (Å²) in [6, 6.07) is 10.9. The number of hydrogen-bond donors (Lipinski definition) is 1. The van der Waals surface area contributed by atoms with Crippen LogP contribution in [0.5, 0.6) is 0 Å². The van der Waals surface area contributed by atoms with E-state index in [2.05, 4.69) is 19.1 Å². The Labute approximate surface area is 139 Å². The van der Waals surface area contributed by atoms with Crippen LogP contribution in [0, 0.1) is 18.3 Å². The summed E-state index contributed by atoms with van der Waals surface area (Å²) in [7, 11) is 0. The first kappa shape index (κ1) is 15.7. The van der Waals surface area contributed by atoms with Crippen molar-refractivity contribution in [1.82, 2.24) is 4.90 Å². The van der Waals surface area contributed by atoms with Gasteiger partial charge in [0.2, 0.25) is 0 Å². The number of aliphatic hydroxyl groups excluding tert-OH is 1. The van der Waals surface area contributed by atoms with Gasteiger partial charge in [-0.3, -0.25) is 4.79 Å². The van der Waals surface area contributed by atoms with Gasteiger partial charge in [0.25, 0.3) is 5.91 Å². The summed E-state index contributed by atoms with van der Waals surface area (Å²) in [5, 5.41) is 21.7. The van der Waals surface area contributed by atoms with E-state index < -0.39 is 6.10 Å². The van der Waals surface area contributed by atoms with Crippen molar-refractivity contribution in [3.05, 3.63) is 57.3 Å². The number of β-amino-alcohol motifs (C(OH)–C–C–N with tert-alkyl or cyclic N) is 1. The van der Waals surface area contributed by atoms with E-state index in [0.29, 0.717) is 24.2 Å². The van der Waals surface area contributed by atoms with Crippen molar-refractivity contribution in [2.75, 3.05) is 13.1 Å². The van der Waals surface area contributed by atoms with E-state index in [-0.39, 0.29) is 11.8 Å². The number of carbonyl (C=O) groups is 1. The summed E-state index contributed by atoms with van der Waals surface area (Å²) < 4.78 is 0. The number of amides is 1. The Balaban J connectivity index is 1.76. The van der Waals surface area contributed by atoms with Crippen molar-refractivity contribution in [3.63, 3.8) is 0 Å². The molecule has 23 heavy (non-hydrogen) atoms. The Morgan fingerprint density at radius 3 is 2.83 bits per heavy atom. The molecule has 118 valence electrons. The number of likely N-dealkylation sites (tertiary alicyclic amines) is 1. The fourth-order valence-electron chi connectivity index (χ4n) is 3.12. The van der Waals surface area contributed by atoms with Crippen molar-refractivity contribution in [1.29, 1.82) is 5.26 Å². The Morgan fingerprint density at radius 2 is 2.17 bits per heavy atom. The maximum Gasteiger partial charge on any atom is 0.255 e. The van der Waals surface area contributed by atoms with E-state index in [1.165, 1.54) is 10.4 Å². The molecule has 1 aromatic carbocycles. The minimum absolute atomic E-state index is 0.0882. The van der Waals surface area contributed by atoms with Crippen LogP contribution in [0.25, 0.3) is 0 Å². The van der Waals surface area contributed by atoms with Crippen LogP contribution in [0.2, 0.25) is 0 Å². The second kappa shape index (κ2) is 6.53. The standard InChI is InChI=1S/C18H18N2O2S/c1-12-7-9-23-17(12)15-6-8-20(11-16(15)21)18(22)14-5-3-2-4-13(14)10-19/h2-5,7,9,15-16,21H,6,8,11H2,1H3/t15-,16-/m1/s1. The molecule has 2 atom stereocenters. The summed E-state index contributed by atoms with van der Waals surface area (Å²) >= 11 is 1.67. The normalized spacial score (nSPS) is 21.0. The first-order chi connectivity index (χ1) is 11.1. The third-order valence-electron chi connectivity index (χ3n) is 4.39. The van der Waals surface area contributed by atoms with Gasteiger partial charge in [-0.1, -0.05) is 12.1 Å². The molecule has 0 radical (unpaired) electrons. The highest BCUT2D eigenvalue weighted by Crippen LogP contribution is 2.34. The zero-order valence-corrected chi connectivity index (χ0v) is 13.7. The average Bonchev–Trinajstić information content (AvgIpc) is 3.00. The molecule has 1 fully saturated rings. The molecular weight excluding hydrogens is 308 g/mol. The van der Waals surface area contributed by atoms with Crippen LogP contribution in [-0.4, -0.2) is 35.1 Å². The second-order valence-electron chi connectivity index (χ2n) is 5.84. The molecule has 0 saturated carbocycles. The van der Waals surface area contributed by atoms with Crippen LogP contribution in [0.15, 0.2) is 35.7 Å². The van der Waals surface area contributed by atoms with Gasteiger partial charge >= 0.3 is 0 Å². The molecule has 0 unspecified atom stereocenters. The van der Waals surface area contributed by atoms with Crippen LogP contribution in [0.1, 0.15) is 38.7 Å². The molecule has 2 aromatic rings. The lowest BCUT2D eigenvalue weighted by Gasteiger charge is -2.36. The monoisotopic (exact) mass is 326 g/mol. The Hall–Kier alpha value is -2.16. The van der Waals surface area contributed by atoms with Crippen LogP contribution in [-0.2, 0) is 0 Å². The van der Waals surface area contributed by atoms with Crippen LogP contribution in [0.3, 0.4) is 0 Å². The molecule has 3 rings (SSSR count). The van der Waals surface area contributed by atoms with Crippen molar-refractivity contribution >= 4 is 17.2 Å². The molecule has 0 spiro atoms. The van der Waals surface area contributed by atoms with Gasteiger partial charge < -0.3 is 10.0 Å². The summed E-state index contributed by atoms with van der Waals surface area (Å²) in [4.78, 5) is 15.5. The van der Waals surface area contributed by atoms with E-state index in [0.717, 1.165) is 6.42 Å². The fraction of sp³-hybridized carbons (Fsp3) is 0.333. The molecule has 1 aliphatic rings. The molecule has 4 nitrogen and oxygen atoms in total. The number of aryl methyl sites for hydroxylation is 1. The zero-order chi connectivity index (χ0) is 16.4. The maximum absolute atomic E-state index is 12.7.